The number of nitrogens with one attached hydrogen (secondary N) is 1. The van der Waals surface area contributed by atoms with Crippen LogP contribution in [-0.2, 0) is 11.3 Å². The third kappa shape index (κ3) is 3.65. The second-order valence-corrected chi connectivity index (χ2v) is 5.01. The fourth-order valence-electron chi connectivity index (χ4n) is 1.63. The number of halogens is 2. The summed E-state index contributed by atoms with van der Waals surface area (Å²) < 4.78 is 5.12. The average Bonchev–Trinajstić information content (AvgIpc) is 2.47. The van der Waals surface area contributed by atoms with Gasteiger partial charge >= 0.3 is 6.09 Å². The summed E-state index contributed by atoms with van der Waals surface area (Å²) in [7, 11) is 0. The Morgan fingerprint density at radius 3 is 2.55 bits per heavy atom. The van der Waals surface area contributed by atoms with E-state index >= 15 is 0 Å². The molecular weight excluding hydrogens is 297 g/mol. The van der Waals surface area contributed by atoms with Gasteiger partial charge in [0.1, 0.15) is 6.61 Å². The summed E-state index contributed by atoms with van der Waals surface area (Å²) in [5.41, 5.74) is 2.11. The summed E-state index contributed by atoms with van der Waals surface area (Å²) in [6, 6.07) is 12.8. The van der Waals surface area contributed by atoms with E-state index in [0.717, 1.165) is 5.56 Å². The molecule has 0 radical (unpaired) electrons. The molecule has 104 valence electrons. The van der Waals surface area contributed by atoms with E-state index < -0.39 is 6.09 Å². The third-order valence-electron chi connectivity index (χ3n) is 2.77. The van der Waals surface area contributed by atoms with Crippen molar-refractivity contribution in [1.29, 1.82) is 0 Å². The van der Waals surface area contributed by atoms with Crippen molar-refractivity contribution in [3.05, 3.63) is 63.6 Å². The van der Waals surface area contributed by atoms with Gasteiger partial charge < -0.3 is 4.74 Å². The van der Waals surface area contributed by atoms with E-state index in [1.165, 1.54) is 0 Å². The average molecular weight is 310 g/mol. The Balaban J connectivity index is 1.97. The number of hydrogen-bond acceptors (Lipinski definition) is 2. The lowest BCUT2D eigenvalue weighted by atomic mass is 10.2. The summed E-state index contributed by atoms with van der Waals surface area (Å²) in [6.45, 7) is 1.99. The Bertz CT molecular complexity index is 615. The number of rotatable bonds is 3. The first kappa shape index (κ1) is 14.7. The lowest BCUT2D eigenvalue weighted by Crippen LogP contribution is -2.14. The molecule has 5 heteroatoms. The van der Waals surface area contributed by atoms with Gasteiger partial charge in [-0.2, -0.15) is 0 Å². The monoisotopic (exact) mass is 309 g/mol. The maximum Gasteiger partial charge on any atom is 0.412 e. The second-order valence-electron chi connectivity index (χ2n) is 4.22. The number of benzene rings is 2. The van der Waals surface area contributed by atoms with E-state index in [-0.39, 0.29) is 6.61 Å². The molecule has 2 aromatic rings. The van der Waals surface area contributed by atoms with Crippen LogP contribution in [0.5, 0.6) is 0 Å². The molecule has 0 saturated heterocycles. The summed E-state index contributed by atoms with van der Waals surface area (Å²) in [5, 5.41) is 3.56. The van der Waals surface area contributed by atoms with Gasteiger partial charge in [-0.05, 0) is 30.2 Å². The van der Waals surface area contributed by atoms with E-state index in [4.69, 9.17) is 27.9 Å². The van der Waals surface area contributed by atoms with Crippen molar-refractivity contribution < 1.29 is 9.53 Å². The molecule has 0 aliphatic carbocycles. The quantitative estimate of drug-likeness (QED) is 0.861. The Labute approximate surface area is 127 Å². The zero-order valence-electron chi connectivity index (χ0n) is 10.8. The Morgan fingerprint density at radius 2 is 1.85 bits per heavy atom. The molecule has 0 aliphatic heterocycles. The molecule has 2 rings (SSSR count). The molecule has 0 fully saturated rings. The van der Waals surface area contributed by atoms with Crippen LogP contribution in [0.15, 0.2) is 42.5 Å². The molecule has 1 amide bonds. The van der Waals surface area contributed by atoms with Gasteiger partial charge in [0.15, 0.2) is 0 Å². The summed E-state index contributed by atoms with van der Waals surface area (Å²) in [5.74, 6) is 0. The lowest BCUT2D eigenvalue weighted by molar-refractivity contribution is 0.155. The van der Waals surface area contributed by atoms with Gasteiger partial charge in [-0.3, -0.25) is 5.32 Å². The van der Waals surface area contributed by atoms with Crippen molar-refractivity contribution in [2.45, 2.75) is 13.5 Å². The fourth-order valence-corrected chi connectivity index (χ4v) is 2.05. The third-order valence-corrected chi connectivity index (χ3v) is 3.67. The number of carbonyl (C=O) groups is 1. The molecule has 2 aromatic carbocycles. The number of anilines is 1. The molecule has 20 heavy (non-hydrogen) atoms. The van der Waals surface area contributed by atoms with Crippen molar-refractivity contribution in [2.24, 2.45) is 0 Å². The van der Waals surface area contributed by atoms with Crippen molar-refractivity contribution in [3.8, 4) is 0 Å². The summed E-state index contributed by atoms with van der Waals surface area (Å²) in [4.78, 5) is 11.7. The molecular formula is C15H13Cl2NO2. The Hall–Kier alpha value is -1.71. The van der Waals surface area contributed by atoms with Gasteiger partial charge in [0.2, 0.25) is 0 Å². The number of amides is 1. The van der Waals surface area contributed by atoms with Crippen LogP contribution >= 0.6 is 23.2 Å². The highest BCUT2D eigenvalue weighted by Gasteiger charge is 2.10. The maximum atomic E-state index is 11.7. The van der Waals surface area contributed by atoms with Crippen molar-refractivity contribution >= 4 is 35.0 Å². The molecule has 0 atom stereocenters. The highest BCUT2D eigenvalue weighted by molar-refractivity contribution is 6.38. The Kier molecular flexibility index (Phi) is 4.88. The van der Waals surface area contributed by atoms with Gasteiger partial charge in [0.05, 0.1) is 10.7 Å². The predicted molar refractivity (Wildman–Crippen MR) is 81.4 cm³/mol. The van der Waals surface area contributed by atoms with Crippen molar-refractivity contribution in [2.75, 3.05) is 5.32 Å². The molecule has 1 N–H and O–H groups in total. The van der Waals surface area contributed by atoms with Crippen LogP contribution in [-0.4, -0.2) is 6.09 Å². The number of carbonyl (C=O) groups excluding carboxylic acids is 1. The molecule has 0 unspecified atom stereocenters. The SMILES string of the molecule is Cc1c(Cl)ccc(NC(=O)OCc2ccccc2)c1Cl. The topological polar surface area (TPSA) is 38.3 Å². The fraction of sp³-hybridized carbons (Fsp3) is 0.133. The lowest BCUT2D eigenvalue weighted by Gasteiger charge is -2.10. The zero-order chi connectivity index (χ0) is 14.5. The predicted octanol–water partition coefficient (Wildman–Crippen LogP) is 5.05. The van der Waals surface area contributed by atoms with Gasteiger partial charge in [0.25, 0.3) is 0 Å². The molecule has 0 aromatic heterocycles. The van der Waals surface area contributed by atoms with Crippen molar-refractivity contribution in [3.63, 3.8) is 0 Å². The first-order valence-electron chi connectivity index (χ1n) is 6.00. The molecule has 0 heterocycles. The maximum absolute atomic E-state index is 11.7. The highest BCUT2D eigenvalue weighted by Crippen LogP contribution is 2.30. The minimum absolute atomic E-state index is 0.205. The number of ether oxygens (including phenoxy) is 1. The first-order valence-corrected chi connectivity index (χ1v) is 6.76. The number of hydrogen-bond donors (Lipinski definition) is 1. The zero-order valence-corrected chi connectivity index (χ0v) is 12.3. The minimum atomic E-state index is -0.558. The molecule has 3 nitrogen and oxygen atoms in total. The van der Waals surface area contributed by atoms with Gasteiger partial charge in [-0.1, -0.05) is 53.5 Å². The first-order chi connectivity index (χ1) is 9.58. The highest BCUT2D eigenvalue weighted by atomic mass is 35.5. The summed E-state index contributed by atoms with van der Waals surface area (Å²) >= 11 is 12.0. The largest absolute Gasteiger partial charge is 0.444 e. The van der Waals surface area contributed by atoms with E-state index in [9.17, 15) is 4.79 Å². The van der Waals surface area contributed by atoms with Gasteiger partial charge in [-0.15, -0.1) is 0 Å². The van der Waals surface area contributed by atoms with E-state index in [1.807, 2.05) is 30.3 Å². The molecule has 0 saturated carbocycles. The van der Waals surface area contributed by atoms with Crippen LogP contribution < -0.4 is 5.32 Å². The van der Waals surface area contributed by atoms with Crippen LogP contribution in [0.3, 0.4) is 0 Å². The standard InChI is InChI=1S/C15H13Cl2NO2/c1-10-12(16)7-8-13(14(10)17)18-15(19)20-9-11-5-3-2-4-6-11/h2-8H,9H2,1H3,(H,18,19). The smallest absolute Gasteiger partial charge is 0.412 e. The van der Waals surface area contributed by atoms with E-state index in [2.05, 4.69) is 5.32 Å². The summed E-state index contributed by atoms with van der Waals surface area (Å²) in [6.07, 6.45) is -0.558. The van der Waals surface area contributed by atoms with Crippen LogP contribution in [0.1, 0.15) is 11.1 Å². The van der Waals surface area contributed by atoms with Gasteiger partial charge in [0, 0.05) is 5.02 Å². The minimum Gasteiger partial charge on any atom is -0.444 e. The normalized spacial score (nSPS) is 10.2. The molecule has 0 bridgehead atoms. The second kappa shape index (κ2) is 6.64. The molecule has 0 spiro atoms. The van der Waals surface area contributed by atoms with Crippen LogP contribution in [0.4, 0.5) is 10.5 Å². The van der Waals surface area contributed by atoms with E-state index in [0.29, 0.717) is 21.3 Å². The van der Waals surface area contributed by atoms with Crippen molar-refractivity contribution in [1.82, 2.24) is 0 Å². The van der Waals surface area contributed by atoms with Crippen LogP contribution in [0.2, 0.25) is 10.0 Å². The van der Waals surface area contributed by atoms with E-state index in [1.54, 1.807) is 19.1 Å². The van der Waals surface area contributed by atoms with Gasteiger partial charge in [-0.25, -0.2) is 4.79 Å². The Morgan fingerprint density at radius 1 is 1.15 bits per heavy atom. The molecule has 0 aliphatic rings. The van der Waals surface area contributed by atoms with Crippen LogP contribution in [0, 0.1) is 6.92 Å². The van der Waals surface area contributed by atoms with Crippen LogP contribution in [0.25, 0.3) is 0 Å².